The third-order valence-electron chi connectivity index (χ3n) is 5.41. The van der Waals surface area contributed by atoms with Crippen LogP contribution in [-0.2, 0) is 27.0 Å². The Morgan fingerprint density at radius 2 is 1.79 bits per heavy atom. The Labute approximate surface area is 176 Å². The number of rotatable bonds is 4. The second kappa shape index (κ2) is 8.34. The first-order valence-electron chi connectivity index (χ1n) is 9.64. The molecular weight excluding hydrogens is 412 g/mol. The van der Waals surface area contributed by atoms with Crippen LogP contribution in [-0.4, -0.2) is 56.3 Å². The summed E-state index contributed by atoms with van der Waals surface area (Å²) in [6.07, 6.45) is 0.585. The van der Waals surface area contributed by atoms with Crippen LogP contribution in [0.2, 0.25) is 5.02 Å². The molecule has 0 aromatic heterocycles. The van der Waals surface area contributed by atoms with Crippen LogP contribution in [0.3, 0.4) is 0 Å². The van der Waals surface area contributed by atoms with Gasteiger partial charge in [-0.2, -0.15) is 4.31 Å². The van der Waals surface area contributed by atoms with E-state index in [2.05, 4.69) is 0 Å². The van der Waals surface area contributed by atoms with Crippen molar-refractivity contribution in [3.8, 4) is 5.75 Å². The van der Waals surface area contributed by atoms with Crippen LogP contribution in [0.4, 0.5) is 0 Å². The van der Waals surface area contributed by atoms with Crippen LogP contribution in [0, 0.1) is 5.92 Å². The van der Waals surface area contributed by atoms with Crippen LogP contribution < -0.4 is 4.74 Å². The SMILES string of the molecule is O=C([C@@H]1COc2ccc(Cl)cc2C1)N1CCN(S(=O)(=O)Cc2ccccc2)CC1. The molecule has 0 saturated carbocycles. The van der Waals surface area contributed by atoms with E-state index in [1.807, 2.05) is 42.5 Å². The Hall–Kier alpha value is -2.09. The van der Waals surface area contributed by atoms with Gasteiger partial charge in [-0.1, -0.05) is 41.9 Å². The summed E-state index contributed by atoms with van der Waals surface area (Å²) in [6, 6.07) is 14.6. The normalized spacial score (nSPS) is 20.0. The van der Waals surface area contributed by atoms with Crippen molar-refractivity contribution in [3.05, 3.63) is 64.7 Å². The third kappa shape index (κ3) is 4.57. The van der Waals surface area contributed by atoms with Crippen LogP contribution in [0.1, 0.15) is 11.1 Å². The van der Waals surface area contributed by atoms with E-state index in [-0.39, 0.29) is 17.6 Å². The molecule has 8 heteroatoms. The van der Waals surface area contributed by atoms with E-state index in [9.17, 15) is 13.2 Å². The number of halogens is 1. The van der Waals surface area contributed by atoms with Gasteiger partial charge < -0.3 is 9.64 Å². The number of sulfonamides is 1. The summed E-state index contributed by atoms with van der Waals surface area (Å²) in [5, 5.41) is 0.623. The maximum atomic E-state index is 12.9. The molecular formula is C21H23ClN2O4S. The molecule has 29 heavy (non-hydrogen) atoms. The standard InChI is InChI=1S/C21H23ClN2O4S/c22-19-6-7-20-17(13-19)12-18(14-28-20)21(25)23-8-10-24(11-9-23)29(26,27)15-16-4-2-1-3-5-16/h1-7,13,18H,8-12,14-15H2/t18-/m0/s1. The number of carbonyl (C=O) groups is 1. The summed E-state index contributed by atoms with van der Waals surface area (Å²) in [5.41, 5.74) is 1.70. The van der Waals surface area contributed by atoms with Gasteiger partial charge in [0, 0.05) is 31.2 Å². The highest BCUT2D eigenvalue weighted by molar-refractivity contribution is 7.88. The van der Waals surface area contributed by atoms with E-state index >= 15 is 0 Å². The zero-order valence-corrected chi connectivity index (χ0v) is 17.5. The average Bonchev–Trinajstić information content (AvgIpc) is 2.73. The zero-order valence-electron chi connectivity index (χ0n) is 16.0. The molecule has 1 amide bonds. The van der Waals surface area contributed by atoms with E-state index in [1.165, 1.54) is 4.31 Å². The molecule has 1 saturated heterocycles. The van der Waals surface area contributed by atoms with Crippen LogP contribution >= 0.6 is 11.6 Å². The highest BCUT2D eigenvalue weighted by Crippen LogP contribution is 2.30. The lowest BCUT2D eigenvalue weighted by Gasteiger charge is -2.36. The third-order valence-corrected chi connectivity index (χ3v) is 7.50. The van der Waals surface area contributed by atoms with Gasteiger partial charge in [0.15, 0.2) is 0 Å². The molecule has 0 radical (unpaired) electrons. The Bertz CT molecular complexity index is 989. The Morgan fingerprint density at radius 3 is 2.52 bits per heavy atom. The molecule has 0 spiro atoms. The molecule has 0 bridgehead atoms. The molecule has 6 nitrogen and oxygen atoms in total. The molecule has 1 atom stereocenters. The lowest BCUT2D eigenvalue weighted by atomic mass is 9.95. The second-order valence-corrected chi connectivity index (χ2v) is 9.84. The Balaban J connectivity index is 1.35. The van der Waals surface area contributed by atoms with Gasteiger partial charge in [0.25, 0.3) is 0 Å². The number of amides is 1. The number of hydrogen-bond acceptors (Lipinski definition) is 4. The summed E-state index contributed by atoms with van der Waals surface area (Å²) >= 11 is 6.06. The quantitative estimate of drug-likeness (QED) is 0.741. The largest absolute Gasteiger partial charge is 0.492 e. The van der Waals surface area contributed by atoms with Gasteiger partial charge in [-0.3, -0.25) is 4.79 Å². The van der Waals surface area contributed by atoms with Gasteiger partial charge >= 0.3 is 0 Å². The second-order valence-electron chi connectivity index (χ2n) is 7.43. The number of benzene rings is 2. The minimum absolute atomic E-state index is 0.00994. The lowest BCUT2D eigenvalue weighted by molar-refractivity contribution is -0.138. The van der Waals surface area contributed by atoms with Crippen LogP contribution in [0.5, 0.6) is 5.75 Å². The van der Waals surface area contributed by atoms with Crippen molar-refractivity contribution in [2.75, 3.05) is 32.8 Å². The smallest absolute Gasteiger partial charge is 0.229 e. The highest BCUT2D eigenvalue weighted by atomic mass is 35.5. The highest BCUT2D eigenvalue weighted by Gasteiger charge is 2.34. The van der Waals surface area contributed by atoms with Crippen LogP contribution in [0.25, 0.3) is 0 Å². The number of ether oxygens (including phenoxy) is 1. The fourth-order valence-corrected chi connectivity index (χ4v) is 5.55. The molecule has 2 aromatic rings. The number of carbonyl (C=O) groups excluding carboxylic acids is 1. The number of fused-ring (bicyclic) bond motifs is 1. The minimum atomic E-state index is -3.40. The first-order valence-corrected chi connectivity index (χ1v) is 11.6. The van der Waals surface area contributed by atoms with Gasteiger partial charge in [0.1, 0.15) is 12.4 Å². The maximum absolute atomic E-state index is 12.9. The molecule has 4 rings (SSSR count). The van der Waals surface area contributed by atoms with Gasteiger partial charge in [-0.15, -0.1) is 0 Å². The van der Waals surface area contributed by atoms with Gasteiger partial charge in [0.2, 0.25) is 15.9 Å². The van der Waals surface area contributed by atoms with Crippen molar-refractivity contribution in [2.45, 2.75) is 12.2 Å². The van der Waals surface area contributed by atoms with E-state index in [0.717, 1.165) is 16.9 Å². The molecule has 0 N–H and O–H groups in total. The van der Waals surface area contributed by atoms with Gasteiger partial charge in [-0.05, 0) is 35.7 Å². The van der Waals surface area contributed by atoms with E-state index in [0.29, 0.717) is 44.2 Å². The average molecular weight is 435 g/mol. The summed E-state index contributed by atoms with van der Waals surface area (Å²) in [6.45, 7) is 1.76. The van der Waals surface area contributed by atoms with Crippen molar-refractivity contribution in [3.63, 3.8) is 0 Å². The topological polar surface area (TPSA) is 66.9 Å². The van der Waals surface area contributed by atoms with Crippen molar-refractivity contribution in [1.29, 1.82) is 0 Å². The maximum Gasteiger partial charge on any atom is 0.229 e. The summed E-state index contributed by atoms with van der Waals surface area (Å²) < 4.78 is 32.6. The summed E-state index contributed by atoms with van der Waals surface area (Å²) in [4.78, 5) is 14.7. The predicted molar refractivity (Wildman–Crippen MR) is 111 cm³/mol. The Morgan fingerprint density at radius 1 is 1.07 bits per heavy atom. The molecule has 0 aliphatic carbocycles. The number of hydrogen-bond donors (Lipinski definition) is 0. The van der Waals surface area contributed by atoms with Crippen molar-refractivity contribution < 1.29 is 17.9 Å². The monoisotopic (exact) mass is 434 g/mol. The lowest BCUT2D eigenvalue weighted by Crippen LogP contribution is -2.53. The number of nitrogens with zero attached hydrogens (tertiary/aromatic N) is 2. The van der Waals surface area contributed by atoms with Crippen molar-refractivity contribution in [2.24, 2.45) is 5.92 Å². The fraction of sp³-hybridized carbons (Fsp3) is 0.381. The summed E-state index contributed by atoms with van der Waals surface area (Å²) in [7, 11) is -3.40. The molecule has 2 aliphatic heterocycles. The first kappa shape index (κ1) is 20.2. The zero-order chi connectivity index (χ0) is 20.4. The fourth-order valence-electron chi connectivity index (χ4n) is 3.84. The van der Waals surface area contributed by atoms with Gasteiger partial charge in [-0.25, -0.2) is 8.42 Å². The van der Waals surface area contributed by atoms with E-state index < -0.39 is 10.0 Å². The summed E-state index contributed by atoms with van der Waals surface area (Å²) in [5.74, 6) is 0.495. The molecule has 1 fully saturated rings. The molecule has 2 aromatic carbocycles. The predicted octanol–water partition coefficient (Wildman–Crippen LogP) is 2.57. The van der Waals surface area contributed by atoms with E-state index in [4.69, 9.17) is 16.3 Å². The van der Waals surface area contributed by atoms with Crippen LogP contribution in [0.15, 0.2) is 48.5 Å². The van der Waals surface area contributed by atoms with Crippen molar-refractivity contribution in [1.82, 2.24) is 9.21 Å². The number of piperazine rings is 1. The minimum Gasteiger partial charge on any atom is -0.492 e. The Kier molecular flexibility index (Phi) is 5.81. The van der Waals surface area contributed by atoms with Gasteiger partial charge in [0.05, 0.1) is 11.7 Å². The molecule has 2 aliphatic rings. The van der Waals surface area contributed by atoms with E-state index in [1.54, 1.807) is 11.0 Å². The molecule has 154 valence electrons. The van der Waals surface area contributed by atoms with Crippen molar-refractivity contribution >= 4 is 27.5 Å². The molecule has 0 unspecified atom stereocenters. The first-order chi connectivity index (χ1) is 13.9. The molecule has 2 heterocycles.